The van der Waals surface area contributed by atoms with Gasteiger partial charge in [0.05, 0.1) is 16.7 Å². The lowest BCUT2D eigenvalue weighted by Crippen LogP contribution is -2.32. The third kappa shape index (κ3) is 7.46. The summed E-state index contributed by atoms with van der Waals surface area (Å²) in [5, 5.41) is 6.72. The maximum absolute atomic E-state index is 12.0. The molecule has 0 saturated carbocycles. The van der Waals surface area contributed by atoms with Gasteiger partial charge in [-0.05, 0) is 25.1 Å². The zero-order chi connectivity index (χ0) is 17.2. The van der Waals surface area contributed by atoms with Crippen molar-refractivity contribution in [1.82, 2.24) is 20.6 Å². The van der Waals surface area contributed by atoms with Gasteiger partial charge in [0.25, 0.3) is 5.56 Å². The van der Waals surface area contributed by atoms with Crippen LogP contribution in [0.15, 0.2) is 29.1 Å². The molecule has 1 aromatic heterocycles. The van der Waals surface area contributed by atoms with E-state index in [0.717, 1.165) is 19.5 Å². The van der Waals surface area contributed by atoms with Crippen LogP contribution in [-0.4, -0.2) is 41.3 Å². The van der Waals surface area contributed by atoms with E-state index in [1.54, 1.807) is 17.8 Å². The molecule has 1 heterocycles. The summed E-state index contributed by atoms with van der Waals surface area (Å²) in [6.07, 6.45) is 1.56. The average molecular weight is 385 g/mol. The minimum atomic E-state index is -0.117. The molecule has 6 nitrogen and oxygen atoms in total. The highest BCUT2D eigenvalue weighted by Crippen LogP contribution is 2.11. The van der Waals surface area contributed by atoms with Crippen molar-refractivity contribution in [2.24, 2.45) is 0 Å². The van der Waals surface area contributed by atoms with Gasteiger partial charge in [-0.25, -0.2) is 4.98 Å². The molecular weight excluding hydrogens is 360 g/mol. The second-order valence-corrected chi connectivity index (χ2v) is 6.54. The first-order valence-electron chi connectivity index (χ1n) is 8.24. The van der Waals surface area contributed by atoms with Gasteiger partial charge in [0.1, 0.15) is 5.82 Å². The minimum Gasteiger partial charge on any atom is -0.355 e. The number of fused-ring (bicyclic) bond motifs is 1. The third-order valence-corrected chi connectivity index (χ3v) is 4.40. The van der Waals surface area contributed by atoms with E-state index in [4.69, 9.17) is 0 Å². The number of nitrogens with one attached hydrogen (secondary N) is 3. The molecule has 0 aliphatic heterocycles. The summed E-state index contributed by atoms with van der Waals surface area (Å²) >= 11 is 1.59. The monoisotopic (exact) mass is 384 g/mol. The largest absolute Gasteiger partial charge is 0.355 e. The van der Waals surface area contributed by atoms with Crippen molar-refractivity contribution in [2.45, 2.75) is 25.5 Å². The van der Waals surface area contributed by atoms with Crippen LogP contribution in [0.4, 0.5) is 0 Å². The lowest BCUT2D eigenvalue weighted by Gasteiger charge is -2.06. The van der Waals surface area contributed by atoms with Crippen LogP contribution in [0, 0.1) is 0 Å². The Labute approximate surface area is 158 Å². The maximum atomic E-state index is 12.0. The van der Waals surface area contributed by atoms with Gasteiger partial charge < -0.3 is 15.6 Å². The molecule has 3 N–H and O–H groups in total. The lowest BCUT2D eigenvalue weighted by molar-refractivity contribution is -0.120. The zero-order valence-electron chi connectivity index (χ0n) is 14.3. The number of hydrogen-bond acceptors (Lipinski definition) is 5. The Morgan fingerprint density at radius 2 is 2.04 bits per heavy atom. The minimum absolute atomic E-state index is 0. The highest BCUT2D eigenvalue weighted by molar-refractivity contribution is 7.98. The molecule has 0 saturated heterocycles. The van der Waals surface area contributed by atoms with Crippen molar-refractivity contribution in [3.8, 4) is 0 Å². The van der Waals surface area contributed by atoms with Gasteiger partial charge in [0.15, 0.2) is 0 Å². The summed E-state index contributed by atoms with van der Waals surface area (Å²) in [7, 11) is 0. The standard InChI is InChI=1S/C17H24N4O2S.ClH/c1-2-8-18-9-10-19-16(22)7-11-24-12-15-20-14-6-4-3-5-13(14)17(23)21-15;/h3-6,18H,2,7-12H2,1H3,(H,19,22)(H,20,21,23);1H. The lowest BCUT2D eigenvalue weighted by atomic mass is 10.2. The van der Waals surface area contributed by atoms with Crippen LogP contribution in [0.2, 0.25) is 0 Å². The van der Waals surface area contributed by atoms with E-state index in [2.05, 4.69) is 27.5 Å². The van der Waals surface area contributed by atoms with Crippen LogP contribution in [0.1, 0.15) is 25.6 Å². The van der Waals surface area contributed by atoms with Gasteiger partial charge >= 0.3 is 0 Å². The number of hydrogen-bond donors (Lipinski definition) is 3. The molecule has 0 spiro atoms. The van der Waals surface area contributed by atoms with Gasteiger partial charge in [0, 0.05) is 25.3 Å². The van der Waals surface area contributed by atoms with Crippen LogP contribution < -0.4 is 16.2 Å². The number of halogens is 1. The fraction of sp³-hybridized carbons (Fsp3) is 0.471. The van der Waals surface area contributed by atoms with Crippen LogP contribution >= 0.6 is 24.2 Å². The van der Waals surface area contributed by atoms with E-state index in [0.29, 0.717) is 41.2 Å². The van der Waals surface area contributed by atoms with Gasteiger partial charge in [-0.2, -0.15) is 11.8 Å². The Morgan fingerprint density at radius 1 is 1.24 bits per heavy atom. The fourth-order valence-corrected chi connectivity index (χ4v) is 3.02. The van der Waals surface area contributed by atoms with Crippen molar-refractivity contribution in [3.63, 3.8) is 0 Å². The quantitative estimate of drug-likeness (QED) is 0.546. The molecule has 25 heavy (non-hydrogen) atoms. The second-order valence-electron chi connectivity index (χ2n) is 5.43. The average Bonchev–Trinajstić information content (AvgIpc) is 2.59. The van der Waals surface area contributed by atoms with E-state index in [1.807, 2.05) is 18.2 Å². The van der Waals surface area contributed by atoms with Crippen LogP contribution in [0.25, 0.3) is 10.9 Å². The van der Waals surface area contributed by atoms with Gasteiger partial charge in [-0.1, -0.05) is 19.1 Å². The molecule has 0 aliphatic carbocycles. The Bertz CT molecular complexity index is 723. The molecular formula is C17H25ClN4O2S. The normalized spacial score (nSPS) is 10.4. The van der Waals surface area contributed by atoms with Gasteiger partial charge in [-0.3, -0.25) is 9.59 Å². The fourth-order valence-electron chi connectivity index (χ4n) is 2.22. The number of benzene rings is 1. The SMILES string of the molecule is CCCNCCNC(=O)CCSCc1nc2ccccc2c(=O)[nH]1.Cl. The predicted molar refractivity (Wildman–Crippen MR) is 107 cm³/mol. The molecule has 1 amide bonds. The maximum Gasteiger partial charge on any atom is 0.258 e. The summed E-state index contributed by atoms with van der Waals surface area (Å²) in [4.78, 5) is 30.9. The molecule has 0 unspecified atom stereocenters. The van der Waals surface area contributed by atoms with Crippen molar-refractivity contribution in [3.05, 3.63) is 40.4 Å². The molecule has 1 aromatic carbocycles. The molecule has 138 valence electrons. The first-order valence-corrected chi connectivity index (χ1v) is 9.39. The number of H-pyrrole nitrogens is 1. The van der Waals surface area contributed by atoms with E-state index in [9.17, 15) is 9.59 Å². The van der Waals surface area contributed by atoms with E-state index >= 15 is 0 Å². The van der Waals surface area contributed by atoms with Crippen LogP contribution in [-0.2, 0) is 10.5 Å². The third-order valence-electron chi connectivity index (χ3n) is 3.42. The van der Waals surface area contributed by atoms with Gasteiger partial charge in [0.2, 0.25) is 5.91 Å². The highest BCUT2D eigenvalue weighted by atomic mass is 35.5. The number of aromatic nitrogens is 2. The topological polar surface area (TPSA) is 86.9 Å². The Kier molecular flexibility index (Phi) is 10.2. The number of aromatic amines is 1. The van der Waals surface area contributed by atoms with E-state index in [1.165, 1.54) is 0 Å². The number of carbonyl (C=O) groups excluding carboxylic acids is 1. The molecule has 0 radical (unpaired) electrons. The molecule has 0 atom stereocenters. The Balaban J connectivity index is 0.00000312. The number of thioether (sulfide) groups is 1. The first-order chi connectivity index (χ1) is 11.7. The summed E-state index contributed by atoms with van der Waals surface area (Å²) < 4.78 is 0. The Hall–Kier alpha value is -1.57. The summed E-state index contributed by atoms with van der Waals surface area (Å²) in [5.74, 6) is 1.99. The molecule has 2 rings (SSSR count). The van der Waals surface area contributed by atoms with Crippen LogP contribution in [0.3, 0.4) is 0 Å². The van der Waals surface area contributed by atoms with Crippen molar-refractivity contribution in [1.29, 1.82) is 0 Å². The predicted octanol–water partition coefficient (Wildman–Crippen LogP) is 2.08. The molecule has 2 aromatic rings. The van der Waals surface area contributed by atoms with E-state index in [-0.39, 0.29) is 23.9 Å². The van der Waals surface area contributed by atoms with E-state index < -0.39 is 0 Å². The number of amides is 1. The van der Waals surface area contributed by atoms with Crippen LogP contribution in [0.5, 0.6) is 0 Å². The summed E-state index contributed by atoms with van der Waals surface area (Å²) in [6.45, 7) is 4.54. The number of nitrogens with zero attached hydrogens (tertiary/aromatic N) is 1. The molecule has 0 bridgehead atoms. The molecule has 0 fully saturated rings. The van der Waals surface area contributed by atoms with Crippen molar-refractivity contribution >= 4 is 41.0 Å². The smallest absolute Gasteiger partial charge is 0.258 e. The van der Waals surface area contributed by atoms with Crippen molar-refractivity contribution < 1.29 is 4.79 Å². The number of carbonyl (C=O) groups is 1. The summed E-state index contributed by atoms with van der Waals surface area (Å²) in [6, 6.07) is 7.28. The highest BCUT2D eigenvalue weighted by Gasteiger charge is 2.05. The number of rotatable bonds is 10. The number of para-hydroxylation sites is 1. The zero-order valence-corrected chi connectivity index (χ0v) is 16.0. The second kappa shape index (κ2) is 11.9. The Morgan fingerprint density at radius 3 is 2.84 bits per heavy atom. The van der Waals surface area contributed by atoms with Crippen molar-refractivity contribution in [2.75, 3.05) is 25.4 Å². The molecule has 0 aliphatic rings. The molecule has 8 heteroatoms. The summed E-state index contributed by atoms with van der Waals surface area (Å²) in [5.41, 5.74) is 0.586. The van der Waals surface area contributed by atoms with Gasteiger partial charge in [-0.15, -0.1) is 12.4 Å². The first kappa shape index (κ1) is 21.5.